The molecule has 1 saturated heterocycles. The maximum absolute atomic E-state index is 10.1. The van der Waals surface area contributed by atoms with Gasteiger partial charge in [-0.1, -0.05) is 0 Å². The minimum Gasteiger partial charge on any atom is -0.395 e. The zero-order valence-corrected chi connectivity index (χ0v) is 10.6. The van der Waals surface area contributed by atoms with Gasteiger partial charge in [0.25, 0.3) is 0 Å². The second-order valence-corrected chi connectivity index (χ2v) is 5.68. The molecule has 0 radical (unpaired) electrons. The van der Waals surface area contributed by atoms with Gasteiger partial charge in [0.15, 0.2) is 5.65 Å². The number of aliphatic hydroxyl groups excluding tert-OH is 3. The molecule has 0 amide bonds. The van der Waals surface area contributed by atoms with Gasteiger partial charge in [-0.05, 0) is 0 Å². The Labute approximate surface area is 112 Å². The van der Waals surface area contributed by atoms with E-state index in [0.29, 0.717) is 11.2 Å². The van der Waals surface area contributed by atoms with Crippen LogP contribution in [0.1, 0.15) is 5.37 Å². The lowest BCUT2D eigenvalue weighted by Crippen LogP contribution is -2.32. The van der Waals surface area contributed by atoms with Crippen molar-refractivity contribution in [3.8, 4) is 0 Å². The molecule has 8 nitrogen and oxygen atoms in total. The number of rotatable bonds is 2. The van der Waals surface area contributed by atoms with E-state index < -0.39 is 22.8 Å². The Morgan fingerprint density at radius 2 is 2.11 bits per heavy atom. The molecule has 4 atom stereocenters. The number of nitrogen functional groups attached to an aromatic ring is 1. The van der Waals surface area contributed by atoms with Crippen molar-refractivity contribution >= 4 is 28.9 Å². The van der Waals surface area contributed by atoms with Gasteiger partial charge < -0.3 is 21.1 Å². The summed E-state index contributed by atoms with van der Waals surface area (Å²) in [7, 11) is 0. The molecule has 19 heavy (non-hydrogen) atoms. The van der Waals surface area contributed by atoms with Gasteiger partial charge in [-0.15, -0.1) is 11.8 Å². The third kappa shape index (κ3) is 1.94. The van der Waals surface area contributed by atoms with E-state index in [0.717, 1.165) is 0 Å². The molecule has 0 unspecified atom stereocenters. The highest BCUT2D eigenvalue weighted by Crippen LogP contribution is 2.42. The number of fused-ring (bicyclic) bond motifs is 1. The first kappa shape index (κ1) is 12.6. The van der Waals surface area contributed by atoms with Crippen LogP contribution in [0.2, 0.25) is 0 Å². The van der Waals surface area contributed by atoms with Crippen molar-refractivity contribution < 1.29 is 15.3 Å². The fourth-order valence-corrected chi connectivity index (χ4v) is 3.51. The molecule has 0 saturated carbocycles. The van der Waals surface area contributed by atoms with Gasteiger partial charge in [0.05, 0.1) is 30.5 Å². The molecule has 5 N–H and O–H groups in total. The molecule has 0 bridgehead atoms. The van der Waals surface area contributed by atoms with Crippen LogP contribution in [0.25, 0.3) is 11.2 Å². The molecule has 102 valence electrons. The van der Waals surface area contributed by atoms with E-state index in [1.807, 2.05) is 0 Å². The summed E-state index contributed by atoms with van der Waals surface area (Å²) < 4.78 is 1.64. The summed E-state index contributed by atoms with van der Waals surface area (Å²) in [5.74, 6) is 0.117. The van der Waals surface area contributed by atoms with Gasteiger partial charge in [-0.3, -0.25) is 4.57 Å². The average Bonchev–Trinajstić information content (AvgIpc) is 2.92. The van der Waals surface area contributed by atoms with Crippen molar-refractivity contribution in [3.63, 3.8) is 0 Å². The Balaban J connectivity index is 2.03. The SMILES string of the molecule is Nc1ncc2ncn([C@@H]3S[C@H](CO)[C@@H](O)[C@@H]3O)c2n1. The summed E-state index contributed by atoms with van der Waals surface area (Å²) in [5, 5.41) is 28.2. The summed E-state index contributed by atoms with van der Waals surface area (Å²) in [6, 6.07) is 0. The summed E-state index contributed by atoms with van der Waals surface area (Å²) in [6.45, 7) is -0.205. The number of hydrogen-bond acceptors (Lipinski definition) is 8. The number of thioether (sulfide) groups is 1. The highest BCUT2D eigenvalue weighted by atomic mass is 32.2. The number of hydrogen-bond donors (Lipinski definition) is 4. The van der Waals surface area contributed by atoms with Crippen LogP contribution in [-0.4, -0.2) is 58.9 Å². The van der Waals surface area contributed by atoms with E-state index in [1.165, 1.54) is 24.3 Å². The Morgan fingerprint density at radius 3 is 2.79 bits per heavy atom. The Hall–Kier alpha value is -1.42. The Morgan fingerprint density at radius 1 is 1.32 bits per heavy atom. The van der Waals surface area contributed by atoms with Gasteiger partial charge in [0, 0.05) is 0 Å². The molecule has 0 spiro atoms. The maximum atomic E-state index is 10.1. The molecular weight excluding hydrogens is 270 g/mol. The quantitative estimate of drug-likeness (QED) is 0.537. The molecule has 2 aromatic heterocycles. The number of aromatic nitrogens is 4. The monoisotopic (exact) mass is 283 g/mol. The van der Waals surface area contributed by atoms with Gasteiger partial charge in [-0.25, -0.2) is 9.97 Å². The lowest BCUT2D eigenvalue weighted by atomic mass is 10.1. The molecule has 0 aliphatic carbocycles. The average molecular weight is 283 g/mol. The summed E-state index contributed by atoms with van der Waals surface area (Å²) >= 11 is 1.28. The van der Waals surface area contributed by atoms with Gasteiger partial charge in [-0.2, -0.15) is 4.98 Å². The van der Waals surface area contributed by atoms with Crippen LogP contribution < -0.4 is 5.73 Å². The highest BCUT2D eigenvalue weighted by Gasteiger charge is 2.43. The first-order valence-corrected chi connectivity index (χ1v) is 6.63. The third-order valence-electron chi connectivity index (χ3n) is 3.13. The van der Waals surface area contributed by atoms with Crippen LogP contribution >= 0.6 is 11.8 Å². The zero-order valence-electron chi connectivity index (χ0n) is 9.79. The summed E-state index contributed by atoms with van der Waals surface area (Å²) in [6.07, 6.45) is 1.03. The second-order valence-electron chi connectivity index (χ2n) is 4.32. The van der Waals surface area contributed by atoms with Crippen LogP contribution in [0.5, 0.6) is 0 Å². The molecule has 3 rings (SSSR count). The van der Waals surface area contributed by atoms with Crippen LogP contribution in [-0.2, 0) is 0 Å². The normalized spacial score (nSPS) is 31.1. The number of anilines is 1. The van der Waals surface area contributed by atoms with E-state index in [4.69, 9.17) is 10.8 Å². The van der Waals surface area contributed by atoms with E-state index in [2.05, 4.69) is 15.0 Å². The molecule has 1 aliphatic rings. The summed E-state index contributed by atoms with van der Waals surface area (Å²) in [4.78, 5) is 12.1. The van der Waals surface area contributed by atoms with Crippen LogP contribution in [0.15, 0.2) is 12.5 Å². The fourth-order valence-electron chi connectivity index (χ4n) is 2.14. The number of aliphatic hydroxyl groups is 3. The lowest BCUT2D eigenvalue weighted by Gasteiger charge is -2.16. The third-order valence-corrected chi connectivity index (χ3v) is 4.69. The minimum absolute atomic E-state index is 0.117. The summed E-state index contributed by atoms with van der Waals surface area (Å²) in [5.41, 5.74) is 6.60. The minimum atomic E-state index is -1.00. The Bertz CT molecular complexity index is 606. The van der Waals surface area contributed by atoms with E-state index >= 15 is 0 Å². The van der Waals surface area contributed by atoms with Crippen LogP contribution in [0.4, 0.5) is 5.95 Å². The topological polar surface area (TPSA) is 130 Å². The number of imidazole rings is 1. The second kappa shape index (κ2) is 4.60. The smallest absolute Gasteiger partial charge is 0.222 e. The maximum Gasteiger partial charge on any atom is 0.222 e. The van der Waals surface area contributed by atoms with Crippen molar-refractivity contribution in [2.75, 3.05) is 12.3 Å². The van der Waals surface area contributed by atoms with Crippen LogP contribution in [0.3, 0.4) is 0 Å². The fraction of sp³-hybridized carbons (Fsp3) is 0.500. The van der Waals surface area contributed by atoms with Crippen LogP contribution in [0, 0.1) is 0 Å². The Kier molecular flexibility index (Phi) is 3.05. The first-order valence-electron chi connectivity index (χ1n) is 5.69. The van der Waals surface area contributed by atoms with Crippen molar-refractivity contribution in [2.24, 2.45) is 0 Å². The van der Waals surface area contributed by atoms with Crippen molar-refractivity contribution in [1.82, 2.24) is 19.5 Å². The molecule has 9 heteroatoms. The van der Waals surface area contributed by atoms with Crippen molar-refractivity contribution in [2.45, 2.75) is 22.8 Å². The predicted molar refractivity (Wildman–Crippen MR) is 69.3 cm³/mol. The van der Waals surface area contributed by atoms with Gasteiger partial charge >= 0.3 is 0 Å². The number of nitrogens with zero attached hydrogens (tertiary/aromatic N) is 4. The standard InChI is InChI=1S/C10H13N5O3S/c11-10-12-1-4-8(14-10)15(3-13-4)9-7(18)6(17)5(2-16)19-9/h1,3,5-7,9,16-18H,2H2,(H2,11,12,14)/t5-,6-,7+,9-/m1/s1. The molecule has 1 aliphatic heterocycles. The molecule has 0 aromatic carbocycles. The van der Waals surface area contributed by atoms with Crippen molar-refractivity contribution in [1.29, 1.82) is 0 Å². The largest absolute Gasteiger partial charge is 0.395 e. The predicted octanol–water partition coefficient (Wildman–Crippen LogP) is -1.26. The molecule has 2 aromatic rings. The molecular formula is C10H13N5O3S. The first-order chi connectivity index (χ1) is 9.11. The van der Waals surface area contributed by atoms with E-state index in [-0.39, 0.29) is 12.6 Å². The van der Waals surface area contributed by atoms with E-state index in [9.17, 15) is 10.2 Å². The highest BCUT2D eigenvalue weighted by molar-refractivity contribution is 8.00. The number of nitrogens with two attached hydrogens (primary N) is 1. The lowest BCUT2D eigenvalue weighted by molar-refractivity contribution is 0.0113. The van der Waals surface area contributed by atoms with E-state index in [1.54, 1.807) is 4.57 Å². The van der Waals surface area contributed by atoms with Crippen molar-refractivity contribution in [3.05, 3.63) is 12.5 Å². The molecule has 1 fully saturated rings. The van der Waals surface area contributed by atoms with Gasteiger partial charge in [0.2, 0.25) is 5.95 Å². The zero-order chi connectivity index (χ0) is 13.6. The molecule has 3 heterocycles. The van der Waals surface area contributed by atoms with Gasteiger partial charge in [0.1, 0.15) is 17.0 Å².